The fraction of sp³-hybridized carbons (Fsp3) is 0.316. The van der Waals surface area contributed by atoms with Crippen LogP contribution in [-0.2, 0) is 0 Å². The molecule has 0 heterocycles. The summed E-state index contributed by atoms with van der Waals surface area (Å²) in [6.07, 6.45) is 1.62. The molecule has 1 atom stereocenters. The van der Waals surface area contributed by atoms with Gasteiger partial charge in [0, 0.05) is 5.02 Å². The van der Waals surface area contributed by atoms with Crippen LogP contribution in [0.25, 0.3) is 0 Å². The molecule has 0 aliphatic carbocycles. The molecule has 114 valence electrons. The summed E-state index contributed by atoms with van der Waals surface area (Å²) in [4.78, 5) is 0. The molecule has 1 unspecified atom stereocenters. The molecule has 0 bridgehead atoms. The first-order valence-corrected chi connectivity index (χ1v) is 7.83. The van der Waals surface area contributed by atoms with Gasteiger partial charge in [0.2, 0.25) is 0 Å². The first-order valence-electron chi connectivity index (χ1n) is 7.45. The Kier molecular flexibility index (Phi) is 5.86. The van der Waals surface area contributed by atoms with Gasteiger partial charge in [-0.05, 0) is 67.6 Å². The van der Waals surface area contributed by atoms with E-state index < -0.39 is 0 Å². The second-order valence-corrected chi connectivity index (χ2v) is 5.91. The largest absolute Gasteiger partial charge is 0.494 e. The van der Waals surface area contributed by atoms with Crippen LogP contribution in [0.15, 0.2) is 42.5 Å². The van der Waals surface area contributed by atoms with E-state index in [0.717, 1.165) is 24.2 Å². The van der Waals surface area contributed by atoms with Crippen molar-refractivity contribution in [2.45, 2.75) is 32.6 Å². The number of aryl methyl sites for hydroxylation is 2. The van der Waals surface area contributed by atoms with Gasteiger partial charge in [-0.3, -0.25) is 0 Å². The van der Waals surface area contributed by atoms with E-state index in [0.29, 0.717) is 11.6 Å². The third-order valence-corrected chi connectivity index (χ3v) is 4.06. The van der Waals surface area contributed by atoms with Crippen LogP contribution in [0.1, 0.15) is 35.4 Å². The van der Waals surface area contributed by atoms with Crippen molar-refractivity contribution in [3.63, 3.8) is 0 Å². The Bertz CT molecular complexity index is 658. The average Bonchev–Trinajstić information content (AvgIpc) is 2.52. The first-order chi connectivity index (χ1) is 10.6. The van der Waals surface area contributed by atoms with Gasteiger partial charge in [-0.15, -0.1) is 0 Å². The third-order valence-electron chi connectivity index (χ3n) is 3.81. The fourth-order valence-corrected chi connectivity index (χ4v) is 2.41. The molecule has 0 amide bonds. The molecule has 0 aliphatic rings. The maximum atomic E-state index is 9.31. The highest BCUT2D eigenvalue weighted by Gasteiger charge is 2.10. The predicted molar refractivity (Wildman–Crippen MR) is 90.5 cm³/mol. The smallest absolute Gasteiger partial charge is 0.119 e. The number of benzene rings is 2. The molecule has 2 aromatic carbocycles. The molecule has 0 radical (unpaired) electrons. The van der Waals surface area contributed by atoms with Crippen molar-refractivity contribution in [3.8, 4) is 11.8 Å². The number of ether oxygens (including phenoxy) is 1. The lowest BCUT2D eigenvalue weighted by Crippen LogP contribution is -2.02. The highest BCUT2D eigenvalue weighted by atomic mass is 35.5. The van der Waals surface area contributed by atoms with Gasteiger partial charge in [0.15, 0.2) is 0 Å². The topological polar surface area (TPSA) is 33.0 Å². The highest BCUT2D eigenvalue weighted by molar-refractivity contribution is 6.30. The van der Waals surface area contributed by atoms with Crippen molar-refractivity contribution in [2.24, 2.45) is 0 Å². The van der Waals surface area contributed by atoms with Gasteiger partial charge in [-0.25, -0.2) is 0 Å². The van der Waals surface area contributed by atoms with E-state index >= 15 is 0 Å². The molecule has 0 aliphatic heterocycles. The zero-order valence-electron chi connectivity index (χ0n) is 13.0. The van der Waals surface area contributed by atoms with Gasteiger partial charge < -0.3 is 4.74 Å². The highest BCUT2D eigenvalue weighted by Crippen LogP contribution is 2.23. The number of halogens is 1. The normalized spacial score (nSPS) is 11.7. The summed E-state index contributed by atoms with van der Waals surface area (Å²) >= 11 is 5.88. The lowest BCUT2D eigenvalue weighted by molar-refractivity contribution is 0.304. The van der Waals surface area contributed by atoms with Crippen LogP contribution in [0.2, 0.25) is 5.02 Å². The van der Waals surface area contributed by atoms with Gasteiger partial charge in [0.1, 0.15) is 5.75 Å². The summed E-state index contributed by atoms with van der Waals surface area (Å²) in [5.41, 5.74) is 3.51. The summed E-state index contributed by atoms with van der Waals surface area (Å²) in [6.45, 7) is 4.78. The van der Waals surface area contributed by atoms with Gasteiger partial charge >= 0.3 is 0 Å². The Morgan fingerprint density at radius 2 is 1.82 bits per heavy atom. The Morgan fingerprint density at radius 3 is 2.45 bits per heavy atom. The predicted octanol–water partition coefficient (Wildman–Crippen LogP) is 5.42. The van der Waals surface area contributed by atoms with Crippen LogP contribution in [0, 0.1) is 25.2 Å². The molecule has 0 aromatic heterocycles. The van der Waals surface area contributed by atoms with Crippen molar-refractivity contribution in [3.05, 3.63) is 64.2 Å². The van der Waals surface area contributed by atoms with E-state index in [1.165, 1.54) is 11.1 Å². The van der Waals surface area contributed by atoms with E-state index in [1.54, 1.807) is 0 Å². The van der Waals surface area contributed by atoms with Crippen LogP contribution in [-0.4, -0.2) is 6.61 Å². The van der Waals surface area contributed by atoms with Gasteiger partial charge in [0.25, 0.3) is 0 Å². The second-order valence-electron chi connectivity index (χ2n) is 5.47. The summed E-state index contributed by atoms with van der Waals surface area (Å²) < 4.78 is 5.76. The maximum Gasteiger partial charge on any atom is 0.119 e. The summed E-state index contributed by atoms with van der Waals surface area (Å²) in [5.74, 6) is 0.781. The van der Waals surface area contributed by atoms with Crippen molar-refractivity contribution in [1.29, 1.82) is 5.26 Å². The van der Waals surface area contributed by atoms with Crippen LogP contribution in [0.3, 0.4) is 0 Å². The van der Waals surface area contributed by atoms with Crippen molar-refractivity contribution < 1.29 is 4.74 Å². The Balaban J connectivity index is 1.83. The van der Waals surface area contributed by atoms with Crippen LogP contribution in [0.4, 0.5) is 0 Å². The SMILES string of the molecule is Cc1ccc(OCCCC(C#N)c2ccc(Cl)cc2)cc1C. The van der Waals surface area contributed by atoms with Gasteiger partial charge in [-0.2, -0.15) is 5.26 Å². The monoisotopic (exact) mass is 313 g/mol. The molecule has 0 spiro atoms. The molecule has 3 heteroatoms. The summed E-state index contributed by atoms with van der Waals surface area (Å²) in [7, 11) is 0. The van der Waals surface area contributed by atoms with E-state index in [2.05, 4.69) is 32.0 Å². The molecular weight excluding hydrogens is 294 g/mol. The lowest BCUT2D eigenvalue weighted by Gasteiger charge is -2.11. The van der Waals surface area contributed by atoms with Gasteiger partial charge in [0.05, 0.1) is 18.6 Å². The van der Waals surface area contributed by atoms with Crippen molar-refractivity contribution >= 4 is 11.6 Å². The number of hydrogen-bond acceptors (Lipinski definition) is 2. The number of rotatable bonds is 6. The minimum atomic E-state index is -0.111. The van der Waals surface area contributed by atoms with E-state index in [-0.39, 0.29) is 5.92 Å². The number of nitriles is 1. The minimum Gasteiger partial charge on any atom is -0.494 e. The average molecular weight is 314 g/mol. The van der Waals surface area contributed by atoms with Crippen LogP contribution >= 0.6 is 11.6 Å². The number of hydrogen-bond donors (Lipinski definition) is 0. The number of nitrogens with zero attached hydrogens (tertiary/aromatic N) is 1. The van der Waals surface area contributed by atoms with Crippen molar-refractivity contribution in [2.75, 3.05) is 6.61 Å². The van der Waals surface area contributed by atoms with Gasteiger partial charge in [-0.1, -0.05) is 29.8 Å². The molecule has 0 saturated heterocycles. The zero-order chi connectivity index (χ0) is 15.9. The molecule has 0 saturated carbocycles. The lowest BCUT2D eigenvalue weighted by atomic mass is 9.96. The molecule has 2 aromatic rings. The quantitative estimate of drug-likeness (QED) is 0.667. The van der Waals surface area contributed by atoms with Crippen LogP contribution in [0.5, 0.6) is 5.75 Å². The van der Waals surface area contributed by atoms with E-state index in [9.17, 15) is 5.26 Å². The van der Waals surface area contributed by atoms with E-state index in [1.807, 2.05) is 30.3 Å². The molecule has 2 nitrogen and oxygen atoms in total. The summed E-state index contributed by atoms with van der Waals surface area (Å²) in [6, 6.07) is 15.9. The minimum absolute atomic E-state index is 0.111. The first kappa shape index (κ1) is 16.4. The van der Waals surface area contributed by atoms with E-state index in [4.69, 9.17) is 16.3 Å². The molecule has 22 heavy (non-hydrogen) atoms. The Hall–Kier alpha value is -1.98. The maximum absolute atomic E-state index is 9.31. The standard InChI is InChI=1S/C19H20ClNO/c1-14-5-10-19(12-15(14)2)22-11-3-4-17(13-21)16-6-8-18(20)9-7-16/h5-10,12,17H,3-4,11H2,1-2H3. The fourth-order valence-electron chi connectivity index (χ4n) is 2.28. The van der Waals surface area contributed by atoms with Crippen molar-refractivity contribution in [1.82, 2.24) is 0 Å². The molecule has 0 fully saturated rings. The Morgan fingerprint density at radius 1 is 1.09 bits per heavy atom. The molecule has 2 rings (SSSR count). The third kappa shape index (κ3) is 4.51. The summed E-state index contributed by atoms with van der Waals surface area (Å²) in [5, 5.41) is 10.0. The second kappa shape index (κ2) is 7.87. The zero-order valence-corrected chi connectivity index (χ0v) is 13.7. The van der Waals surface area contributed by atoms with Crippen LogP contribution < -0.4 is 4.74 Å². The Labute approximate surface area is 137 Å². The molecule has 0 N–H and O–H groups in total. The molecular formula is C19H20ClNO.